The number of sulfonamides is 1. The fourth-order valence-electron chi connectivity index (χ4n) is 3.35. The van der Waals surface area contributed by atoms with Crippen LogP contribution in [0.4, 0.5) is 10.1 Å². The van der Waals surface area contributed by atoms with Gasteiger partial charge in [-0.05, 0) is 42.9 Å². The van der Waals surface area contributed by atoms with Gasteiger partial charge < -0.3 is 10.2 Å². The maximum Gasteiger partial charge on any atom is 0.234 e. The van der Waals surface area contributed by atoms with E-state index in [2.05, 4.69) is 33.8 Å². The van der Waals surface area contributed by atoms with Crippen molar-refractivity contribution in [3.05, 3.63) is 29.6 Å². The predicted octanol–water partition coefficient (Wildman–Crippen LogP) is 3.05. The van der Waals surface area contributed by atoms with Crippen molar-refractivity contribution in [2.24, 2.45) is 16.8 Å². The van der Waals surface area contributed by atoms with Crippen LogP contribution >= 0.6 is 24.0 Å². The zero-order valence-electron chi connectivity index (χ0n) is 16.3. The smallest absolute Gasteiger partial charge is 0.234 e. The summed E-state index contributed by atoms with van der Waals surface area (Å²) in [4.78, 5) is 6.45. The Balaban J connectivity index is 0.00000364. The molecule has 1 aromatic carbocycles. The van der Waals surface area contributed by atoms with Crippen LogP contribution in [0.3, 0.4) is 0 Å². The predicted molar refractivity (Wildman–Crippen MR) is 120 cm³/mol. The molecular weight excluding hydrogens is 482 g/mol. The van der Waals surface area contributed by atoms with Crippen LogP contribution in [0.25, 0.3) is 0 Å². The minimum absolute atomic E-state index is 0. The van der Waals surface area contributed by atoms with E-state index in [9.17, 15) is 12.8 Å². The molecule has 2 atom stereocenters. The van der Waals surface area contributed by atoms with Gasteiger partial charge in [-0.25, -0.2) is 12.8 Å². The fourth-order valence-corrected chi connectivity index (χ4v) is 4.31. The van der Waals surface area contributed by atoms with Crippen molar-refractivity contribution < 1.29 is 12.8 Å². The number of aliphatic imine (C=N–C) groups is 1. The molecule has 2 unspecified atom stereocenters. The molecule has 0 aliphatic carbocycles. The number of anilines is 1. The summed E-state index contributed by atoms with van der Waals surface area (Å²) < 4.78 is 40.4. The van der Waals surface area contributed by atoms with Crippen molar-refractivity contribution >= 4 is 45.6 Å². The lowest BCUT2D eigenvalue weighted by molar-refractivity contribution is 0.209. The maximum atomic E-state index is 13.6. The molecule has 6 nitrogen and oxygen atoms in total. The number of guanidine groups is 1. The van der Waals surface area contributed by atoms with Gasteiger partial charge in [0.2, 0.25) is 10.0 Å². The molecule has 0 saturated carbocycles. The molecule has 9 heteroatoms. The third-order valence-corrected chi connectivity index (χ3v) is 5.77. The van der Waals surface area contributed by atoms with E-state index >= 15 is 0 Å². The van der Waals surface area contributed by atoms with E-state index in [0.29, 0.717) is 17.4 Å². The minimum atomic E-state index is -3.57. The van der Waals surface area contributed by atoms with Crippen LogP contribution in [-0.2, 0) is 10.0 Å². The van der Waals surface area contributed by atoms with E-state index in [0.717, 1.165) is 19.0 Å². The number of likely N-dealkylation sites (tertiary alicyclic amines) is 1. The molecule has 0 bridgehead atoms. The van der Waals surface area contributed by atoms with E-state index in [-0.39, 0.29) is 42.0 Å². The second kappa shape index (κ2) is 10.4. The summed E-state index contributed by atoms with van der Waals surface area (Å²) in [7, 11) is -1.87. The molecule has 27 heavy (non-hydrogen) atoms. The summed E-state index contributed by atoms with van der Waals surface area (Å²) in [6.45, 7) is 8.12. The topological polar surface area (TPSA) is 73.8 Å². The molecular formula is C18H30FIN4O2S. The second-order valence-corrected chi connectivity index (χ2v) is 9.05. The highest BCUT2D eigenvalue weighted by Crippen LogP contribution is 2.20. The molecule has 0 amide bonds. The number of hydrogen-bond donors (Lipinski definition) is 2. The first-order valence-corrected chi connectivity index (χ1v) is 10.6. The van der Waals surface area contributed by atoms with E-state index < -0.39 is 15.8 Å². The molecule has 1 saturated heterocycles. The molecule has 2 N–H and O–H groups in total. The third-order valence-electron chi connectivity index (χ3n) is 4.48. The van der Waals surface area contributed by atoms with Crippen LogP contribution in [-0.4, -0.2) is 51.7 Å². The minimum Gasteiger partial charge on any atom is -0.355 e. The highest BCUT2D eigenvalue weighted by Gasteiger charge is 2.24. The SMILES string of the molecule is CN=C(NCCS(=O)(=O)Nc1ccc(C)c(F)c1)N1CC(C)CC(C)C1.I. The van der Waals surface area contributed by atoms with Gasteiger partial charge in [0.15, 0.2) is 5.96 Å². The normalized spacial score (nSPS) is 20.8. The zero-order valence-corrected chi connectivity index (χ0v) is 19.5. The van der Waals surface area contributed by atoms with Gasteiger partial charge in [-0.1, -0.05) is 19.9 Å². The number of benzene rings is 1. The van der Waals surface area contributed by atoms with Gasteiger partial charge in [0.1, 0.15) is 5.82 Å². The first-order chi connectivity index (χ1) is 12.2. The average Bonchev–Trinajstić information content (AvgIpc) is 2.54. The number of rotatable bonds is 5. The van der Waals surface area contributed by atoms with Crippen LogP contribution < -0.4 is 10.0 Å². The summed E-state index contributed by atoms with van der Waals surface area (Å²) >= 11 is 0. The van der Waals surface area contributed by atoms with Crippen LogP contribution in [0.5, 0.6) is 0 Å². The van der Waals surface area contributed by atoms with E-state index in [1.807, 2.05) is 0 Å². The van der Waals surface area contributed by atoms with Gasteiger partial charge in [-0.3, -0.25) is 9.71 Å². The van der Waals surface area contributed by atoms with Gasteiger partial charge >= 0.3 is 0 Å². The Morgan fingerprint density at radius 3 is 2.48 bits per heavy atom. The van der Waals surface area contributed by atoms with Crippen molar-refractivity contribution in [2.45, 2.75) is 27.2 Å². The number of hydrogen-bond acceptors (Lipinski definition) is 3. The molecule has 1 heterocycles. The summed E-state index contributed by atoms with van der Waals surface area (Å²) in [6, 6.07) is 4.29. The van der Waals surface area contributed by atoms with Gasteiger partial charge in [0.05, 0.1) is 11.4 Å². The quantitative estimate of drug-likeness (QED) is 0.362. The number of aryl methyl sites for hydroxylation is 1. The average molecular weight is 512 g/mol. The molecule has 2 rings (SSSR count). The Bertz CT molecular complexity index is 748. The summed E-state index contributed by atoms with van der Waals surface area (Å²) in [5.41, 5.74) is 0.708. The van der Waals surface area contributed by atoms with E-state index in [1.54, 1.807) is 26.1 Å². The van der Waals surface area contributed by atoms with Crippen LogP contribution in [0, 0.1) is 24.6 Å². The number of nitrogens with zero attached hydrogens (tertiary/aromatic N) is 2. The van der Waals surface area contributed by atoms with E-state index in [4.69, 9.17) is 0 Å². The molecule has 0 spiro atoms. The lowest BCUT2D eigenvalue weighted by atomic mass is 9.92. The molecule has 0 aromatic heterocycles. The van der Waals surface area contributed by atoms with Crippen molar-refractivity contribution in [1.82, 2.24) is 10.2 Å². The zero-order chi connectivity index (χ0) is 19.3. The van der Waals surface area contributed by atoms with Crippen molar-refractivity contribution in [3.8, 4) is 0 Å². The molecule has 1 fully saturated rings. The van der Waals surface area contributed by atoms with Crippen molar-refractivity contribution in [3.63, 3.8) is 0 Å². The number of nitrogens with one attached hydrogen (secondary N) is 2. The maximum absolute atomic E-state index is 13.6. The third kappa shape index (κ3) is 7.44. The lowest BCUT2D eigenvalue weighted by Gasteiger charge is -2.37. The molecule has 154 valence electrons. The number of piperidine rings is 1. The monoisotopic (exact) mass is 512 g/mol. The Kier molecular flexibility index (Phi) is 9.26. The molecule has 1 aliphatic heterocycles. The number of halogens is 2. The largest absolute Gasteiger partial charge is 0.355 e. The second-order valence-electron chi connectivity index (χ2n) is 7.21. The molecule has 1 aromatic rings. The Morgan fingerprint density at radius 1 is 1.30 bits per heavy atom. The summed E-state index contributed by atoms with van der Waals surface area (Å²) in [6.07, 6.45) is 1.19. The summed E-state index contributed by atoms with van der Waals surface area (Å²) in [5.74, 6) is 1.33. The Morgan fingerprint density at radius 2 is 1.93 bits per heavy atom. The summed E-state index contributed by atoms with van der Waals surface area (Å²) in [5, 5.41) is 3.13. The molecule has 0 radical (unpaired) electrons. The first kappa shape index (κ1) is 23.9. The van der Waals surface area contributed by atoms with Crippen molar-refractivity contribution in [2.75, 3.05) is 37.2 Å². The lowest BCUT2D eigenvalue weighted by Crippen LogP contribution is -2.49. The standard InChI is InChI=1S/C18H29FN4O2S.HI/c1-13-9-14(2)12-23(11-13)18(20-4)21-7-8-26(24,25)22-16-6-5-15(3)17(19)10-16;/h5-6,10,13-14,22H,7-9,11-12H2,1-4H3,(H,20,21);1H. The molecule has 1 aliphatic rings. The van der Waals surface area contributed by atoms with Gasteiger partial charge in [0.25, 0.3) is 0 Å². The van der Waals surface area contributed by atoms with Crippen LogP contribution in [0.1, 0.15) is 25.8 Å². The fraction of sp³-hybridized carbons (Fsp3) is 0.611. The highest BCUT2D eigenvalue weighted by atomic mass is 127. The highest BCUT2D eigenvalue weighted by molar-refractivity contribution is 14.0. The van der Waals surface area contributed by atoms with Gasteiger partial charge in [-0.2, -0.15) is 0 Å². The van der Waals surface area contributed by atoms with Crippen LogP contribution in [0.2, 0.25) is 0 Å². The van der Waals surface area contributed by atoms with Gasteiger partial charge in [0, 0.05) is 26.7 Å². The Hall–Kier alpha value is -1.10. The van der Waals surface area contributed by atoms with Crippen molar-refractivity contribution in [1.29, 1.82) is 0 Å². The van der Waals surface area contributed by atoms with Crippen LogP contribution in [0.15, 0.2) is 23.2 Å². The Labute approximate surface area is 179 Å². The first-order valence-electron chi connectivity index (χ1n) is 8.92. The van der Waals surface area contributed by atoms with Gasteiger partial charge in [-0.15, -0.1) is 24.0 Å². The van der Waals surface area contributed by atoms with E-state index in [1.165, 1.54) is 12.5 Å².